The highest BCUT2D eigenvalue weighted by atomic mass is 19.4. The van der Waals surface area contributed by atoms with Crippen LogP contribution in [0, 0.1) is 0 Å². The van der Waals surface area contributed by atoms with Crippen LogP contribution in [0.5, 0.6) is 11.5 Å². The van der Waals surface area contributed by atoms with E-state index in [2.05, 4.69) is 4.74 Å². The number of rotatable bonds is 8. The van der Waals surface area contributed by atoms with Gasteiger partial charge < -0.3 is 14.6 Å². The second-order valence-corrected chi connectivity index (χ2v) is 8.06. The Kier molecular flexibility index (Phi) is 8.12. The van der Waals surface area contributed by atoms with Crippen molar-refractivity contribution in [3.63, 3.8) is 0 Å². The molecule has 1 aliphatic carbocycles. The minimum absolute atomic E-state index is 0.187. The molecular formula is C23H25F6NO3. The highest BCUT2D eigenvalue weighted by molar-refractivity contribution is 5.33. The summed E-state index contributed by atoms with van der Waals surface area (Å²) in [7, 11) is 0. The summed E-state index contributed by atoms with van der Waals surface area (Å²) in [5.74, 6) is -0.223. The summed E-state index contributed by atoms with van der Waals surface area (Å²) in [4.78, 5) is 1.60. The van der Waals surface area contributed by atoms with Gasteiger partial charge in [-0.1, -0.05) is 36.4 Å². The smallest absolute Gasteiger partial charge is 0.490 e. The maximum absolute atomic E-state index is 13.0. The molecule has 2 aromatic carbocycles. The average molecular weight is 477 g/mol. The number of nitrogens with zero attached hydrogens (tertiary/aromatic N) is 1. The molecule has 0 heterocycles. The molecule has 0 aromatic heterocycles. The molecule has 0 aliphatic heterocycles. The van der Waals surface area contributed by atoms with Gasteiger partial charge >= 0.3 is 12.5 Å². The fraction of sp³-hybridized carbons (Fsp3) is 0.478. The zero-order valence-corrected chi connectivity index (χ0v) is 17.6. The van der Waals surface area contributed by atoms with Crippen molar-refractivity contribution < 1.29 is 40.9 Å². The van der Waals surface area contributed by atoms with Crippen molar-refractivity contribution in [1.82, 2.24) is 4.90 Å². The van der Waals surface area contributed by atoms with Crippen LogP contribution in [0.2, 0.25) is 0 Å². The van der Waals surface area contributed by atoms with Gasteiger partial charge in [0.25, 0.3) is 0 Å². The van der Waals surface area contributed by atoms with Crippen LogP contribution in [0.4, 0.5) is 26.3 Å². The van der Waals surface area contributed by atoms with Crippen molar-refractivity contribution >= 4 is 0 Å². The normalized spacial score (nSPS) is 20.5. The second kappa shape index (κ2) is 10.6. The van der Waals surface area contributed by atoms with Crippen molar-refractivity contribution in [3.8, 4) is 11.5 Å². The van der Waals surface area contributed by atoms with Gasteiger partial charge in [0.05, 0.1) is 0 Å². The number of aliphatic hydroxyl groups is 1. The molecule has 0 spiro atoms. The van der Waals surface area contributed by atoms with Gasteiger partial charge in [0, 0.05) is 25.2 Å². The van der Waals surface area contributed by atoms with Gasteiger partial charge in [-0.05, 0) is 43.4 Å². The SMILES string of the molecule is OC(CN(Cc1ccccc1)C1CCCC(Oc2cccc(OC(F)(F)F)c2)C1)C(F)(F)F. The number of benzene rings is 2. The van der Waals surface area contributed by atoms with E-state index in [-0.39, 0.29) is 18.3 Å². The summed E-state index contributed by atoms with van der Waals surface area (Å²) in [6, 6.07) is 13.9. The Bertz CT molecular complexity index is 874. The zero-order valence-electron chi connectivity index (χ0n) is 17.6. The zero-order chi connectivity index (χ0) is 24.1. The molecule has 3 atom stereocenters. The van der Waals surface area contributed by atoms with Crippen molar-refractivity contribution in [2.75, 3.05) is 6.54 Å². The summed E-state index contributed by atoms with van der Waals surface area (Å²) < 4.78 is 86.3. The third-order valence-electron chi connectivity index (χ3n) is 5.47. The van der Waals surface area contributed by atoms with Gasteiger partial charge in [-0.15, -0.1) is 13.2 Å². The monoisotopic (exact) mass is 477 g/mol. The first-order chi connectivity index (χ1) is 15.5. The van der Waals surface area contributed by atoms with Crippen molar-refractivity contribution in [2.45, 2.75) is 63.0 Å². The quantitative estimate of drug-likeness (QED) is 0.496. The molecule has 1 saturated carbocycles. The topological polar surface area (TPSA) is 41.9 Å². The average Bonchev–Trinajstić information content (AvgIpc) is 2.72. The van der Waals surface area contributed by atoms with Gasteiger partial charge in [0.1, 0.15) is 17.6 Å². The van der Waals surface area contributed by atoms with E-state index in [4.69, 9.17) is 4.74 Å². The van der Waals surface area contributed by atoms with Crippen molar-refractivity contribution in [3.05, 3.63) is 60.2 Å². The lowest BCUT2D eigenvalue weighted by Crippen LogP contribution is -2.47. The maximum Gasteiger partial charge on any atom is 0.573 e. The Balaban J connectivity index is 1.70. The number of alkyl halides is 6. The van der Waals surface area contributed by atoms with Crippen LogP contribution >= 0.6 is 0 Å². The van der Waals surface area contributed by atoms with E-state index in [1.807, 2.05) is 0 Å². The summed E-state index contributed by atoms with van der Waals surface area (Å²) in [5.41, 5.74) is 0.812. The van der Waals surface area contributed by atoms with E-state index in [0.717, 1.165) is 17.7 Å². The molecule has 0 bridgehead atoms. The largest absolute Gasteiger partial charge is 0.573 e. The lowest BCUT2D eigenvalue weighted by Gasteiger charge is -2.38. The number of ether oxygens (including phenoxy) is 2. The first-order valence-electron chi connectivity index (χ1n) is 10.5. The molecule has 1 N–H and O–H groups in total. The Morgan fingerprint density at radius 3 is 2.30 bits per heavy atom. The summed E-state index contributed by atoms with van der Waals surface area (Å²) in [6.45, 7) is -0.356. The van der Waals surface area contributed by atoms with Gasteiger partial charge in [0.2, 0.25) is 0 Å². The lowest BCUT2D eigenvalue weighted by molar-refractivity contribution is -0.274. The van der Waals surface area contributed by atoms with Gasteiger partial charge in [-0.25, -0.2) is 0 Å². The Morgan fingerprint density at radius 2 is 1.64 bits per heavy atom. The van der Waals surface area contributed by atoms with Gasteiger partial charge in [0.15, 0.2) is 6.10 Å². The van der Waals surface area contributed by atoms with Crippen LogP contribution in [0.25, 0.3) is 0 Å². The number of hydrogen-bond donors (Lipinski definition) is 1. The fourth-order valence-corrected chi connectivity index (χ4v) is 3.98. The van der Waals surface area contributed by atoms with E-state index in [1.165, 1.54) is 12.1 Å². The fourth-order valence-electron chi connectivity index (χ4n) is 3.98. The molecular weight excluding hydrogens is 452 g/mol. The number of halogens is 6. The molecule has 0 saturated heterocycles. The minimum Gasteiger partial charge on any atom is -0.490 e. The lowest BCUT2D eigenvalue weighted by atomic mass is 9.91. The van der Waals surface area contributed by atoms with Crippen LogP contribution in [0.3, 0.4) is 0 Å². The Hall–Kier alpha value is -2.46. The van der Waals surface area contributed by atoms with Gasteiger partial charge in [-0.3, -0.25) is 4.90 Å². The summed E-state index contributed by atoms with van der Waals surface area (Å²) in [6.07, 6.45) is -10.2. The first-order valence-corrected chi connectivity index (χ1v) is 10.5. The molecule has 1 fully saturated rings. The van der Waals surface area contributed by atoms with Crippen LogP contribution in [0.15, 0.2) is 54.6 Å². The van der Waals surface area contributed by atoms with E-state index in [0.29, 0.717) is 25.7 Å². The van der Waals surface area contributed by atoms with Crippen LogP contribution in [-0.4, -0.2) is 47.3 Å². The predicted molar refractivity (Wildman–Crippen MR) is 109 cm³/mol. The third kappa shape index (κ3) is 8.12. The first kappa shape index (κ1) is 25.2. The van der Waals surface area contributed by atoms with Crippen LogP contribution in [0.1, 0.15) is 31.2 Å². The molecule has 4 nitrogen and oxygen atoms in total. The maximum atomic E-state index is 13.0. The molecule has 1 aliphatic rings. The van der Waals surface area contributed by atoms with E-state index in [1.54, 1.807) is 35.2 Å². The highest BCUT2D eigenvalue weighted by Gasteiger charge is 2.41. The summed E-state index contributed by atoms with van der Waals surface area (Å²) >= 11 is 0. The second-order valence-electron chi connectivity index (χ2n) is 8.06. The molecule has 182 valence electrons. The standard InChI is InChI=1S/C23H25F6NO3/c24-22(25,26)21(31)15-30(14-16-6-2-1-3-7-16)17-8-4-9-18(12-17)32-19-10-5-11-20(13-19)33-23(27,28)29/h1-3,5-7,10-11,13,17-18,21,31H,4,8-9,12,14-15H2. The summed E-state index contributed by atoms with van der Waals surface area (Å²) in [5, 5.41) is 9.69. The minimum atomic E-state index is -4.83. The molecule has 2 aromatic rings. The van der Waals surface area contributed by atoms with E-state index >= 15 is 0 Å². The number of hydrogen-bond acceptors (Lipinski definition) is 4. The third-order valence-corrected chi connectivity index (χ3v) is 5.47. The van der Waals surface area contributed by atoms with Gasteiger partial charge in [-0.2, -0.15) is 13.2 Å². The van der Waals surface area contributed by atoms with E-state index in [9.17, 15) is 31.4 Å². The molecule has 33 heavy (non-hydrogen) atoms. The number of aliphatic hydroxyl groups excluding tert-OH is 1. The Morgan fingerprint density at radius 1 is 0.939 bits per heavy atom. The van der Waals surface area contributed by atoms with E-state index < -0.39 is 37.0 Å². The van der Waals surface area contributed by atoms with Crippen molar-refractivity contribution in [2.24, 2.45) is 0 Å². The Labute approximate surface area is 187 Å². The predicted octanol–water partition coefficient (Wildman–Crippen LogP) is 5.70. The molecule has 10 heteroatoms. The van der Waals surface area contributed by atoms with Crippen LogP contribution in [-0.2, 0) is 6.54 Å². The molecule has 3 unspecified atom stereocenters. The molecule has 0 radical (unpaired) electrons. The molecule has 3 rings (SSSR count). The van der Waals surface area contributed by atoms with Crippen LogP contribution < -0.4 is 9.47 Å². The van der Waals surface area contributed by atoms with Crippen molar-refractivity contribution in [1.29, 1.82) is 0 Å². The molecule has 0 amide bonds. The highest BCUT2D eigenvalue weighted by Crippen LogP contribution is 2.32.